The maximum absolute atomic E-state index is 13.0. The molecule has 0 saturated carbocycles. The summed E-state index contributed by atoms with van der Waals surface area (Å²) in [7, 11) is 1.44. The van der Waals surface area contributed by atoms with Crippen molar-refractivity contribution in [2.45, 2.75) is 12.8 Å². The van der Waals surface area contributed by atoms with Crippen LogP contribution < -0.4 is 20.2 Å². The number of nitrogens with zero attached hydrogens (tertiary/aromatic N) is 1. The van der Waals surface area contributed by atoms with Gasteiger partial charge in [0.05, 0.1) is 18.9 Å². The second-order valence-corrected chi connectivity index (χ2v) is 7.05. The number of ether oxygens (including phenoxy) is 2. The van der Waals surface area contributed by atoms with Gasteiger partial charge in [-0.25, -0.2) is 9.82 Å². The molecule has 3 rings (SSSR count). The molecule has 182 valence electrons. The van der Waals surface area contributed by atoms with Crippen LogP contribution >= 0.6 is 0 Å². The molecule has 3 aromatic carbocycles. The Kier molecular flexibility index (Phi) is 8.03. The predicted octanol–water partition coefficient (Wildman–Crippen LogP) is 4.52. The molecule has 0 unspecified atom stereocenters. The summed E-state index contributed by atoms with van der Waals surface area (Å²) >= 11 is 0. The molecule has 0 aliphatic carbocycles. The largest absolute Gasteiger partial charge is 0.493 e. The van der Waals surface area contributed by atoms with Gasteiger partial charge < -0.3 is 14.8 Å². The first-order valence-corrected chi connectivity index (χ1v) is 10.0. The molecule has 35 heavy (non-hydrogen) atoms. The van der Waals surface area contributed by atoms with Crippen LogP contribution in [-0.2, 0) is 22.4 Å². The van der Waals surface area contributed by atoms with Crippen molar-refractivity contribution in [2.75, 3.05) is 12.4 Å². The zero-order chi connectivity index (χ0) is 25.4. The third kappa shape index (κ3) is 7.29. The second-order valence-electron chi connectivity index (χ2n) is 7.05. The van der Waals surface area contributed by atoms with E-state index >= 15 is 0 Å². The van der Waals surface area contributed by atoms with Crippen molar-refractivity contribution in [1.29, 1.82) is 0 Å². The topological polar surface area (TPSA) is 89.0 Å². The third-order valence-electron chi connectivity index (χ3n) is 4.55. The Hall–Kier alpha value is -4.41. The van der Waals surface area contributed by atoms with E-state index in [-0.39, 0.29) is 18.1 Å². The van der Waals surface area contributed by atoms with Crippen molar-refractivity contribution < 1.29 is 36.6 Å². The van der Waals surface area contributed by atoms with Gasteiger partial charge in [0.2, 0.25) is 0 Å². The average molecular weight is 489 g/mol. The first-order valence-electron chi connectivity index (χ1n) is 10.0. The standard InChI is InChI=1S/C24H19F4N3O4/c1-34-21-12-16(4-11-20(21)35-14-15-2-7-18(25)8-3-15)13-29-31-23(33)22(32)30-19-9-5-17(6-10-19)24(26,27)28/h2-13H,14H2,1H3,(H,30,32)(H,31,33)/b29-13+. The summed E-state index contributed by atoms with van der Waals surface area (Å²) in [6.07, 6.45) is -3.25. The number of carbonyl (C=O) groups excluding carboxylic acids is 2. The smallest absolute Gasteiger partial charge is 0.416 e. The minimum Gasteiger partial charge on any atom is -0.493 e. The molecule has 0 aromatic heterocycles. The van der Waals surface area contributed by atoms with Crippen LogP contribution in [0.1, 0.15) is 16.7 Å². The Morgan fingerprint density at radius 2 is 1.63 bits per heavy atom. The average Bonchev–Trinajstić information content (AvgIpc) is 2.83. The summed E-state index contributed by atoms with van der Waals surface area (Å²) in [5.74, 6) is -1.77. The van der Waals surface area contributed by atoms with Crippen molar-refractivity contribution in [3.05, 3.63) is 89.2 Å². The van der Waals surface area contributed by atoms with Crippen LogP contribution in [0.15, 0.2) is 71.8 Å². The maximum Gasteiger partial charge on any atom is 0.416 e. The molecule has 2 N–H and O–H groups in total. The van der Waals surface area contributed by atoms with Gasteiger partial charge in [-0.05, 0) is 65.7 Å². The minimum absolute atomic E-state index is 0.0168. The van der Waals surface area contributed by atoms with E-state index in [9.17, 15) is 27.2 Å². The SMILES string of the molecule is COc1cc(/C=N/NC(=O)C(=O)Nc2ccc(C(F)(F)F)cc2)ccc1OCc1ccc(F)cc1. The molecular formula is C24H19F4N3O4. The van der Waals surface area contributed by atoms with E-state index in [2.05, 4.69) is 10.4 Å². The van der Waals surface area contributed by atoms with Crippen LogP contribution in [0.3, 0.4) is 0 Å². The number of anilines is 1. The molecule has 2 amide bonds. The summed E-state index contributed by atoms with van der Waals surface area (Å²) in [5, 5.41) is 5.87. The molecule has 0 bridgehead atoms. The second kappa shape index (κ2) is 11.1. The monoisotopic (exact) mass is 489 g/mol. The molecule has 0 saturated heterocycles. The summed E-state index contributed by atoms with van der Waals surface area (Å²) < 4.78 is 61.7. The van der Waals surface area contributed by atoms with E-state index in [0.717, 1.165) is 29.8 Å². The number of rotatable bonds is 7. The lowest BCUT2D eigenvalue weighted by atomic mass is 10.2. The third-order valence-corrected chi connectivity index (χ3v) is 4.55. The number of hydrazone groups is 1. The molecule has 0 fully saturated rings. The van der Waals surface area contributed by atoms with Gasteiger partial charge in [0.25, 0.3) is 0 Å². The van der Waals surface area contributed by atoms with Gasteiger partial charge in [0.15, 0.2) is 11.5 Å². The van der Waals surface area contributed by atoms with Crippen molar-refractivity contribution in [2.24, 2.45) is 5.10 Å². The van der Waals surface area contributed by atoms with Crippen LogP contribution in [0.2, 0.25) is 0 Å². The van der Waals surface area contributed by atoms with E-state index < -0.39 is 23.6 Å². The quantitative estimate of drug-likeness (QED) is 0.221. The van der Waals surface area contributed by atoms with E-state index in [1.807, 2.05) is 5.43 Å². The van der Waals surface area contributed by atoms with E-state index in [4.69, 9.17) is 9.47 Å². The lowest BCUT2D eigenvalue weighted by Gasteiger charge is -2.11. The van der Waals surface area contributed by atoms with Crippen LogP contribution in [0, 0.1) is 5.82 Å². The highest BCUT2D eigenvalue weighted by Crippen LogP contribution is 2.30. The van der Waals surface area contributed by atoms with Gasteiger partial charge >= 0.3 is 18.0 Å². The Balaban J connectivity index is 1.54. The van der Waals surface area contributed by atoms with E-state index in [1.54, 1.807) is 30.3 Å². The fourth-order valence-corrected chi connectivity index (χ4v) is 2.77. The first-order chi connectivity index (χ1) is 16.7. The fourth-order valence-electron chi connectivity index (χ4n) is 2.77. The maximum atomic E-state index is 13.0. The summed E-state index contributed by atoms with van der Waals surface area (Å²) in [4.78, 5) is 23.8. The first kappa shape index (κ1) is 25.2. The minimum atomic E-state index is -4.51. The van der Waals surface area contributed by atoms with Crippen LogP contribution in [-0.4, -0.2) is 25.1 Å². The predicted molar refractivity (Wildman–Crippen MR) is 120 cm³/mol. The molecule has 7 nitrogen and oxygen atoms in total. The molecular weight excluding hydrogens is 470 g/mol. The van der Waals surface area contributed by atoms with Crippen LogP contribution in [0.4, 0.5) is 23.2 Å². The van der Waals surface area contributed by atoms with Gasteiger partial charge in [0.1, 0.15) is 12.4 Å². The number of halogens is 4. The molecule has 0 radical (unpaired) electrons. The summed E-state index contributed by atoms with van der Waals surface area (Å²) in [6.45, 7) is 0.189. The Labute approximate surface area is 197 Å². The summed E-state index contributed by atoms with van der Waals surface area (Å²) in [6, 6.07) is 14.3. The highest BCUT2D eigenvalue weighted by molar-refractivity contribution is 6.39. The lowest BCUT2D eigenvalue weighted by molar-refractivity contribution is -0.137. The van der Waals surface area contributed by atoms with Gasteiger partial charge in [-0.3, -0.25) is 9.59 Å². The van der Waals surface area contributed by atoms with Gasteiger partial charge in [-0.1, -0.05) is 12.1 Å². The number of hydrogen-bond acceptors (Lipinski definition) is 5. The van der Waals surface area contributed by atoms with Gasteiger partial charge in [0, 0.05) is 5.69 Å². The number of alkyl halides is 3. The highest BCUT2D eigenvalue weighted by atomic mass is 19.4. The van der Waals surface area contributed by atoms with Crippen molar-refractivity contribution in [3.63, 3.8) is 0 Å². The Morgan fingerprint density at radius 1 is 0.943 bits per heavy atom. The fraction of sp³-hybridized carbons (Fsp3) is 0.125. The number of methoxy groups -OCH3 is 1. The molecule has 3 aromatic rings. The number of nitrogens with one attached hydrogen (secondary N) is 2. The molecule has 0 atom stereocenters. The van der Waals surface area contributed by atoms with E-state index in [1.165, 1.54) is 25.5 Å². The van der Waals surface area contributed by atoms with Crippen molar-refractivity contribution in [1.82, 2.24) is 5.43 Å². The number of carbonyl (C=O) groups is 2. The zero-order valence-corrected chi connectivity index (χ0v) is 18.2. The number of amides is 2. The lowest BCUT2D eigenvalue weighted by Crippen LogP contribution is -2.32. The van der Waals surface area contributed by atoms with Crippen LogP contribution in [0.5, 0.6) is 11.5 Å². The normalized spacial score (nSPS) is 11.2. The molecule has 0 aliphatic rings. The Morgan fingerprint density at radius 3 is 2.26 bits per heavy atom. The molecule has 0 spiro atoms. The number of benzene rings is 3. The molecule has 11 heteroatoms. The van der Waals surface area contributed by atoms with E-state index in [0.29, 0.717) is 17.1 Å². The van der Waals surface area contributed by atoms with Crippen molar-refractivity contribution in [3.8, 4) is 11.5 Å². The summed E-state index contributed by atoms with van der Waals surface area (Å²) in [5.41, 5.74) is 2.43. The Bertz CT molecular complexity index is 1210. The molecule has 0 heterocycles. The van der Waals surface area contributed by atoms with Crippen molar-refractivity contribution >= 4 is 23.7 Å². The molecule has 0 aliphatic heterocycles. The highest BCUT2D eigenvalue weighted by Gasteiger charge is 2.30. The number of hydrogen-bond donors (Lipinski definition) is 2. The zero-order valence-electron chi connectivity index (χ0n) is 18.2. The van der Waals surface area contributed by atoms with Gasteiger partial charge in [-0.2, -0.15) is 18.3 Å². The van der Waals surface area contributed by atoms with Crippen LogP contribution in [0.25, 0.3) is 0 Å². The van der Waals surface area contributed by atoms with Gasteiger partial charge in [-0.15, -0.1) is 0 Å².